The zero-order valence-corrected chi connectivity index (χ0v) is 14.8. The molecule has 0 saturated heterocycles. The fourth-order valence-corrected chi connectivity index (χ4v) is 2.50. The Bertz CT molecular complexity index is 660. The van der Waals surface area contributed by atoms with Crippen LogP contribution in [-0.4, -0.2) is 40.6 Å². The highest BCUT2D eigenvalue weighted by atomic mass is 35.5. The maximum Gasteiger partial charge on any atom is 0.241 e. The van der Waals surface area contributed by atoms with Gasteiger partial charge >= 0.3 is 0 Å². The van der Waals surface area contributed by atoms with Crippen LogP contribution in [0.25, 0.3) is 11.4 Å². The summed E-state index contributed by atoms with van der Waals surface area (Å²) < 4.78 is 5.32. The molecule has 24 heavy (non-hydrogen) atoms. The molecule has 7 heteroatoms. The Labute approximate surface area is 147 Å². The minimum Gasteiger partial charge on any atom is -0.355 e. The van der Waals surface area contributed by atoms with Crippen molar-refractivity contribution in [2.75, 3.05) is 19.6 Å². The van der Waals surface area contributed by atoms with E-state index in [4.69, 9.17) is 16.1 Å². The quantitative estimate of drug-likeness (QED) is 0.752. The Morgan fingerprint density at radius 2 is 2.17 bits per heavy atom. The standard InChI is InChI=1S/C17H23ClN4O2/c1-3-8-19-15(23)11-22(9-4-2)12-16-20-17(21-24-16)13-6-5-7-14(18)10-13/h5-7,10H,3-4,8-9,11-12H2,1-2H3,(H,19,23). The molecule has 0 saturated carbocycles. The molecule has 0 bridgehead atoms. The minimum absolute atomic E-state index is 0.0138. The average molecular weight is 351 g/mol. The molecule has 1 aromatic heterocycles. The van der Waals surface area contributed by atoms with Gasteiger partial charge in [-0.1, -0.05) is 42.7 Å². The normalized spacial score (nSPS) is 11.0. The van der Waals surface area contributed by atoms with E-state index in [-0.39, 0.29) is 5.91 Å². The van der Waals surface area contributed by atoms with E-state index in [1.54, 1.807) is 12.1 Å². The van der Waals surface area contributed by atoms with Crippen LogP contribution in [0, 0.1) is 0 Å². The molecule has 0 aliphatic heterocycles. The van der Waals surface area contributed by atoms with Crippen molar-refractivity contribution in [1.82, 2.24) is 20.4 Å². The fraction of sp³-hybridized carbons (Fsp3) is 0.471. The molecule has 0 fully saturated rings. The molecule has 0 aliphatic rings. The molecule has 1 aromatic carbocycles. The molecule has 0 radical (unpaired) electrons. The number of hydrogen-bond donors (Lipinski definition) is 1. The molecule has 0 aliphatic carbocycles. The van der Waals surface area contributed by atoms with Gasteiger partial charge in [0.25, 0.3) is 0 Å². The monoisotopic (exact) mass is 350 g/mol. The van der Waals surface area contributed by atoms with Crippen molar-refractivity contribution in [3.05, 3.63) is 35.2 Å². The first kappa shape index (κ1) is 18.4. The van der Waals surface area contributed by atoms with E-state index in [0.717, 1.165) is 24.9 Å². The van der Waals surface area contributed by atoms with Crippen molar-refractivity contribution in [2.45, 2.75) is 33.2 Å². The number of halogens is 1. The number of hydrogen-bond acceptors (Lipinski definition) is 5. The number of nitrogens with zero attached hydrogens (tertiary/aromatic N) is 3. The van der Waals surface area contributed by atoms with Gasteiger partial charge in [-0.25, -0.2) is 0 Å². The van der Waals surface area contributed by atoms with Crippen LogP contribution in [0.2, 0.25) is 5.02 Å². The molecule has 2 rings (SSSR count). The highest BCUT2D eigenvalue weighted by Gasteiger charge is 2.15. The second-order valence-corrected chi connectivity index (χ2v) is 6.02. The van der Waals surface area contributed by atoms with E-state index in [9.17, 15) is 4.79 Å². The van der Waals surface area contributed by atoms with Crippen molar-refractivity contribution in [3.63, 3.8) is 0 Å². The van der Waals surface area contributed by atoms with E-state index < -0.39 is 0 Å². The van der Waals surface area contributed by atoms with Crippen LogP contribution in [0.5, 0.6) is 0 Å². The van der Waals surface area contributed by atoms with E-state index in [0.29, 0.717) is 36.4 Å². The highest BCUT2D eigenvalue weighted by Crippen LogP contribution is 2.20. The van der Waals surface area contributed by atoms with Gasteiger partial charge in [-0.2, -0.15) is 4.98 Å². The third-order valence-corrected chi connectivity index (χ3v) is 3.62. The van der Waals surface area contributed by atoms with Crippen LogP contribution in [0.15, 0.2) is 28.8 Å². The van der Waals surface area contributed by atoms with Gasteiger partial charge in [-0.15, -0.1) is 0 Å². The molecule has 0 spiro atoms. The van der Waals surface area contributed by atoms with Gasteiger partial charge in [0.05, 0.1) is 13.1 Å². The number of amides is 1. The largest absolute Gasteiger partial charge is 0.355 e. The summed E-state index contributed by atoms with van der Waals surface area (Å²) in [7, 11) is 0. The van der Waals surface area contributed by atoms with Gasteiger partial charge in [0, 0.05) is 17.1 Å². The Hall–Kier alpha value is -1.92. The summed E-state index contributed by atoms with van der Waals surface area (Å²) in [6.07, 6.45) is 1.86. The van der Waals surface area contributed by atoms with Crippen molar-refractivity contribution in [1.29, 1.82) is 0 Å². The lowest BCUT2D eigenvalue weighted by atomic mass is 10.2. The fourth-order valence-electron chi connectivity index (χ4n) is 2.31. The van der Waals surface area contributed by atoms with Crippen LogP contribution < -0.4 is 5.32 Å². The van der Waals surface area contributed by atoms with Gasteiger partial charge in [-0.3, -0.25) is 9.69 Å². The molecule has 0 unspecified atom stereocenters. The molecule has 1 N–H and O–H groups in total. The van der Waals surface area contributed by atoms with Crippen molar-refractivity contribution in [2.24, 2.45) is 0 Å². The first-order valence-corrected chi connectivity index (χ1v) is 8.57. The summed E-state index contributed by atoms with van der Waals surface area (Å²) in [5.74, 6) is 1.00. The minimum atomic E-state index is 0.0138. The highest BCUT2D eigenvalue weighted by molar-refractivity contribution is 6.30. The first-order chi connectivity index (χ1) is 11.6. The maximum atomic E-state index is 11.9. The number of benzene rings is 1. The lowest BCUT2D eigenvalue weighted by Crippen LogP contribution is -2.37. The second kappa shape index (κ2) is 9.39. The van der Waals surface area contributed by atoms with E-state index >= 15 is 0 Å². The first-order valence-electron chi connectivity index (χ1n) is 8.20. The molecule has 130 valence electrons. The second-order valence-electron chi connectivity index (χ2n) is 5.58. The third kappa shape index (κ3) is 5.62. The molecule has 6 nitrogen and oxygen atoms in total. The van der Waals surface area contributed by atoms with Crippen molar-refractivity contribution in [3.8, 4) is 11.4 Å². The Morgan fingerprint density at radius 3 is 2.88 bits per heavy atom. The van der Waals surface area contributed by atoms with Gasteiger partial charge in [0.15, 0.2) is 0 Å². The van der Waals surface area contributed by atoms with Crippen molar-refractivity contribution < 1.29 is 9.32 Å². The SMILES string of the molecule is CCCNC(=O)CN(CCC)Cc1nc(-c2cccc(Cl)c2)no1. The summed E-state index contributed by atoms with van der Waals surface area (Å²) in [6.45, 7) is 6.35. The van der Waals surface area contributed by atoms with Crippen LogP contribution in [0.1, 0.15) is 32.6 Å². The van der Waals surface area contributed by atoms with Crippen LogP contribution in [0.4, 0.5) is 0 Å². The topological polar surface area (TPSA) is 71.3 Å². The lowest BCUT2D eigenvalue weighted by molar-refractivity contribution is -0.122. The number of aromatic nitrogens is 2. The van der Waals surface area contributed by atoms with Gasteiger partial charge < -0.3 is 9.84 Å². The molecule has 2 aromatic rings. The summed E-state index contributed by atoms with van der Waals surface area (Å²) in [5.41, 5.74) is 0.806. The zero-order chi connectivity index (χ0) is 17.4. The van der Waals surface area contributed by atoms with Crippen molar-refractivity contribution >= 4 is 17.5 Å². The van der Waals surface area contributed by atoms with E-state index in [2.05, 4.69) is 22.4 Å². The molecular weight excluding hydrogens is 328 g/mol. The van der Waals surface area contributed by atoms with Crippen LogP contribution in [0.3, 0.4) is 0 Å². The van der Waals surface area contributed by atoms with E-state index in [1.165, 1.54) is 0 Å². The lowest BCUT2D eigenvalue weighted by Gasteiger charge is -2.18. The Balaban J connectivity index is 2.00. The number of nitrogens with one attached hydrogen (secondary N) is 1. The number of carbonyl (C=O) groups is 1. The molecule has 0 atom stereocenters. The number of rotatable bonds is 9. The maximum absolute atomic E-state index is 11.9. The van der Waals surface area contributed by atoms with Gasteiger partial charge in [0.1, 0.15) is 0 Å². The predicted octanol–water partition coefficient (Wildman–Crippen LogP) is 3.13. The molecule has 1 heterocycles. The average Bonchev–Trinajstić information content (AvgIpc) is 3.01. The number of carbonyl (C=O) groups excluding carboxylic acids is 1. The third-order valence-electron chi connectivity index (χ3n) is 3.39. The Kier molecular flexibility index (Phi) is 7.21. The summed E-state index contributed by atoms with van der Waals surface area (Å²) >= 11 is 5.99. The molecule has 1 amide bonds. The van der Waals surface area contributed by atoms with Gasteiger partial charge in [0.2, 0.25) is 17.6 Å². The predicted molar refractivity (Wildman–Crippen MR) is 93.6 cm³/mol. The molecular formula is C17H23ClN4O2. The summed E-state index contributed by atoms with van der Waals surface area (Å²) in [6, 6.07) is 7.31. The Morgan fingerprint density at radius 1 is 1.33 bits per heavy atom. The summed E-state index contributed by atoms with van der Waals surface area (Å²) in [5, 5.41) is 7.50. The van der Waals surface area contributed by atoms with E-state index in [1.807, 2.05) is 24.0 Å². The van der Waals surface area contributed by atoms with Crippen LogP contribution >= 0.6 is 11.6 Å². The smallest absolute Gasteiger partial charge is 0.241 e. The van der Waals surface area contributed by atoms with Crippen LogP contribution in [-0.2, 0) is 11.3 Å². The summed E-state index contributed by atoms with van der Waals surface area (Å²) in [4.78, 5) is 18.3. The zero-order valence-electron chi connectivity index (χ0n) is 14.1. The van der Waals surface area contributed by atoms with Gasteiger partial charge in [-0.05, 0) is 31.5 Å².